The van der Waals surface area contributed by atoms with Crippen LogP contribution < -0.4 is 15.6 Å². The Morgan fingerprint density at radius 2 is 2.00 bits per heavy atom. The summed E-state index contributed by atoms with van der Waals surface area (Å²) in [5.41, 5.74) is 0.925. The normalized spacial score (nSPS) is 16.0. The van der Waals surface area contributed by atoms with Crippen molar-refractivity contribution >= 4 is 5.91 Å². The fraction of sp³-hybridized carbons (Fsp3) is 0.389. The summed E-state index contributed by atoms with van der Waals surface area (Å²) in [6, 6.07) is 10.5. The Morgan fingerprint density at radius 1 is 1.27 bits per heavy atom. The van der Waals surface area contributed by atoms with Gasteiger partial charge in [0.2, 0.25) is 0 Å². The molecule has 0 aliphatic carbocycles. The van der Waals surface area contributed by atoms with Gasteiger partial charge in [0.25, 0.3) is 11.5 Å². The number of H-pyrrole nitrogens is 1. The summed E-state index contributed by atoms with van der Waals surface area (Å²) in [6.07, 6.45) is 0. The van der Waals surface area contributed by atoms with Crippen molar-refractivity contribution in [2.24, 2.45) is 0 Å². The first-order chi connectivity index (χ1) is 12.7. The zero-order chi connectivity index (χ0) is 18.4. The van der Waals surface area contributed by atoms with Crippen molar-refractivity contribution in [1.82, 2.24) is 20.4 Å². The topological polar surface area (TPSA) is 96.5 Å². The molecule has 8 heteroatoms. The second-order valence-electron chi connectivity index (χ2n) is 5.95. The molecule has 2 heterocycles. The standard InChI is InChI=1S/C18H22N4O4/c1-25-14-4-2-13(3-5-14)16(22-8-10-26-11-9-22)12-19-18(24)15-6-7-17(23)21-20-15/h2-7,16H,8-12H2,1H3,(H,19,24)(H,21,23). The van der Waals surface area contributed by atoms with Gasteiger partial charge < -0.3 is 14.8 Å². The van der Waals surface area contributed by atoms with E-state index in [9.17, 15) is 9.59 Å². The number of carbonyl (C=O) groups excluding carboxylic acids is 1. The van der Waals surface area contributed by atoms with E-state index in [0.717, 1.165) is 24.4 Å². The van der Waals surface area contributed by atoms with Gasteiger partial charge in [0.1, 0.15) is 11.4 Å². The first-order valence-electron chi connectivity index (χ1n) is 8.47. The number of amides is 1. The Kier molecular flexibility index (Phi) is 5.98. The average Bonchev–Trinajstić information content (AvgIpc) is 2.70. The van der Waals surface area contributed by atoms with E-state index in [-0.39, 0.29) is 23.2 Å². The molecular formula is C18H22N4O4. The number of benzene rings is 1. The quantitative estimate of drug-likeness (QED) is 0.784. The number of aromatic amines is 1. The van der Waals surface area contributed by atoms with Gasteiger partial charge >= 0.3 is 0 Å². The van der Waals surface area contributed by atoms with Crippen LogP contribution in [0.15, 0.2) is 41.2 Å². The van der Waals surface area contributed by atoms with Crippen LogP contribution in [0.1, 0.15) is 22.1 Å². The van der Waals surface area contributed by atoms with E-state index < -0.39 is 0 Å². The monoisotopic (exact) mass is 358 g/mol. The summed E-state index contributed by atoms with van der Waals surface area (Å²) >= 11 is 0. The minimum atomic E-state index is -0.342. The number of rotatable bonds is 6. The van der Waals surface area contributed by atoms with E-state index in [1.54, 1.807) is 7.11 Å². The SMILES string of the molecule is COc1ccc(C(CNC(=O)c2ccc(=O)[nH]n2)N2CCOCC2)cc1. The Balaban J connectivity index is 1.73. The van der Waals surface area contributed by atoms with Gasteiger partial charge in [0.05, 0.1) is 26.4 Å². The predicted molar refractivity (Wildman–Crippen MR) is 95.3 cm³/mol. The molecule has 1 aromatic carbocycles. The molecule has 1 unspecified atom stereocenters. The van der Waals surface area contributed by atoms with Gasteiger partial charge in [-0.1, -0.05) is 12.1 Å². The molecule has 26 heavy (non-hydrogen) atoms. The third-order valence-electron chi connectivity index (χ3n) is 4.35. The summed E-state index contributed by atoms with van der Waals surface area (Å²) in [7, 11) is 1.63. The van der Waals surface area contributed by atoms with Crippen LogP contribution in [0.5, 0.6) is 5.75 Å². The second kappa shape index (κ2) is 8.59. The molecule has 1 aliphatic rings. The highest BCUT2D eigenvalue weighted by Gasteiger charge is 2.23. The molecule has 2 N–H and O–H groups in total. The van der Waals surface area contributed by atoms with Crippen molar-refractivity contribution < 1.29 is 14.3 Å². The zero-order valence-corrected chi connectivity index (χ0v) is 14.6. The molecule has 1 fully saturated rings. The molecule has 1 saturated heterocycles. The van der Waals surface area contributed by atoms with Crippen molar-refractivity contribution in [3.05, 3.63) is 58.0 Å². The van der Waals surface area contributed by atoms with E-state index in [1.807, 2.05) is 24.3 Å². The van der Waals surface area contributed by atoms with Crippen molar-refractivity contribution in [1.29, 1.82) is 0 Å². The van der Waals surface area contributed by atoms with Crippen LogP contribution in [-0.2, 0) is 4.74 Å². The number of aromatic nitrogens is 2. The zero-order valence-electron chi connectivity index (χ0n) is 14.6. The van der Waals surface area contributed by atoms with Crippen molar-refractivity contribution in [2.45, 2.75) is 6.04 Å². The summed E-state index contributed by atoms with van der Waals surface area (Å²) < 4.78 is 10.7. The first kappa shape index (κ1) is 18.1. The van der Waals surface area contributed by atoms with Gasteiger partial charge in [-0.3, -0.25) is 14.5 Å². The average molecular weight is 358 g/mol. The van der Waals surface area contributed by atoms with Crippen molar-refractivity contribution in [3.63, 3.8) is 0 Å². The number of nitrogens with zero attached hydrogens (tertiary/aromatic N) is 2. The molecule has 2 aromatic rings. The molecule has 1 aromatic heterocycles. The lowest BCUT2D eigenvalue weighted by Gasteiger charge is -2.35. The maximum Gasteiger partial charge on any atom is 0.271 e. The van der Waals surface area contributed by atoms with E-state index >= 15 is 0 Å². The minimum Gasteiger partial charge on any atom is -0.497 e. The first-order valence-corrected chi connectivity index (χ1v) is 8.47. The van der Waals surface area contributed by atoms with Gasteiger partial charge in [-0.05, 0) is 23.8 Å². The van der Waals surface area contributed by atoms with Crippen LogP contribution in [0, 0.1) is 0 Å². The predicted octanol–water partition coefficient (Wildman–Crippen LogP) is 0.582. The summed E-state index contributed by atoms with van der Waals surface area (Å²) in [5, 5.41) is 8.94. The van der Waals surface area contributed by atoms with E-state index in [0.29, 0.717) is 19.8 Å². The molecular weight excluding hydrogens is 336 g/mol. The smallest absolute Gasteiger partial charge is 0.271 e. The Bertz CT molecular complexity index is 764. The number of hydrogen-bond donors (Lipinski definition) is 2. The molecule has 8 nitrogen and oxygen atoms in total. The van der Waals surface area contributed by atoms with E-state index in [2.05, 4.69) is 20.4 Å². The van der Waals surface area contributed by atoms with Gasteiger partial charge in [-0.25, -0.2) is 5.10 Å². The lowest BCUT2D eigenvalue weighted by atomic mass is 10.0. The minimum absolute atomic E-state index is 0.0107. The largest absolute Gasteiger partial charge is 0.497 e. The summed E-state index contributed by atoms with van der Waals surface area (Å²) in [5.74, 6) is 0.462. The molecule has 1 aliphatic heterocycles. The van der Waals surface area contributed by atoms with Gasteiger partial charge in [-0.2, -0.15) is 5.10 Å². The molecule has 0 spiro atoms. The molecule has 0 radical (unpaired) electrons. The fourth-order valence-corrected chi connectivity index (χ4v) is 2.92. The molecule has 3 rings (SSSR count). The Hall–Kier alpha value is -2.71. The molecule has 1 amide bonds. The van der Waals surface area contributed by atoms with Crippen LogP contribution in [0.2, 0.25) is 0 Å². The highest BCUT2D eigenvalue weighted by Crippen LogP contribution is 2.23. The molecule has 1 atom stereocenters. The lowest BCUT2D eigenvalue weighted by molar-refractivity contribution is 0.0162. The van der Waals surface area contributed by atoms with Crippen LogP contribution in [0.25, 0.3) is 0 Å². The third-order valence-corrected chi connectivity index (χ3v) is 4.35. The fourth-order valence-electron chi connectivity index (χ4n) is 2.92. The number of morpholine rings is 1. The number of carbonyl (C=O) groups is 1. The maximum absolute atomic E-state index is 12.3. The number of nitrogens with one attached hydrogen (secondary N) is 2. The lowest BCUT2D eigenvalue weighted by Crippen LogP contribution is -2.44. The molecule has 0 saturated carbocycles. The highest BCUT2D eigenvalue weighted by molar-refractivity contribution is 5.91. The maximum atomic E-state index is 12.3. The Morgan fingerprint density at radius 3 is 2.62 bits per heavy atom. The Labute approximate surface area is 151 Å². The van der Waals surface area contributed by atoms with Crippen molar-refractivity contribution in [2.75, 3.05) is 40.0 Å². The molecule has 0 bridgehead atoms. The van der Waals surface area contributed by atoms with Gasteiger partial charge in [-0.15, -0.1) is 0 Å². The van der Waals surface area contributed by atoms with Crippen LogP contribution in [0.4, 0.5) is 0 Å². The van der Waals surface area contributed by atoms with Crippen LogP contribution in [-0.4, -0.2) is 61.0 Å². The number of methoxy groups -OCH3 is 1. The number of hydrogen-bond acceptors (Lipinski definition) is 6. The second-order valence-corrected chi connectivity index (χ2v) is 5.95. The summed E-state index contributed by atoms with van der Waals surface area (Å²) in [6.45, 7) is 3.35. The van der Waals surface area contributed by atoms with Crippen LogP contribution >= 0.6 is 0 Å². The van der Waals surface area contributed by atoms with E-state index in [4.69, 9.17) is 9.47 Å². The van der Waals surface area contributed by atoms with Gasteiger partial charge in [0.15, 0.2) is 0 Å². The summed E-state index contributed by atoms with van der Waals surface area (Å²) in [4.78, 5) is 25.7. The van der Waals surface area contributed by atoms with E-state index in [1.165, 1.54) is 12.1 Å². The number of ether oxygens (including phenoxy) is 2. The highest BCUT2D eigenvalue weighted by atomic mass is 16.5. The van der Waals surface area contributed by atoms with Crippen LogP contribution in [0.3, 0.4) is 0 Å². The van der Waals surface area contributed by atoms with Crippen molar-refractivity contribution in [3.8, 4) is 5.75 Å². The van der Waals surface area contributed by atoms with Gasteiger partial charge in [0, 0.05) is 25.7 Å². The third kappa shape index (κ3) is 4.47. The molecule has 138 valence electrons.